The number of halogens is 1. The van der Waals surface area contributed by atoms with E-state index in [4.69, 9.17) is 0 Å². The molecule has 3 aromatic rings. The Morgan fingerprint density at radius 2 is 1.84 bits per heavy atom. The summed E-state index contributed by atoms with van der Waals surface area (Å²) in [5.74, 6) is 1.71. The van der Waals surface area contributed by atoms with Gasteiger partial charge in [0.05, 0.1) is 0 Å². The van der Waals surface area contributed by atoms with Crippen LogP contribution in [-0.2, 0) is 12.8 Å². The van der Waals surface area contributed by atoms with E-state index in [1.165, 1.54) is 0 Å². The summed E-state index contributed by atoms with van der Waals surface area (Å²) in [6, 6.07) is 11.8. The zero-order valence-electron chi connectivity index (χ0n) is 14.1. The Morgan fingerprint density at radius 1 is 1.04 bits per heavy atom. The van der Waals surface area contributed by atoms with E-state index >= 15 is 0 Å². The van der Waals surface area contributed by atoms with Gasteiger partial charge in [-0.2, -0.15) is 0 Å². The van der Waals surface area contributed by atoms with Crippen molar-refractivity contribution >= 4 is 35.6 Å². The van der Waals surface area contributed by atoms with Gasteiger partial charge in [0.15, 0.2) is 11.6 Å². The lowest BCUT2D eigenvalue weighted by Crippen LogP contribution is -2.39. The van der Waals surface area contributed by atoms with Gasteiger partial charge in [0.2, 0.25) is 0 Å². The van der Waals surface area contributed by atoms with Gasteiger partial charge in [0.1, 0.15) is 5.82 Å². The minimum absolute atomic E-state index is 0. The average Bonchev–Trinajstić information content (AvgIpc) is 3.04. The Hall–Kier alpha value is -2.23. The third-order valence-corrected chi connectivity index (χ3v) is 3.65. The summed E-state index contributed by atoms with van der Waals surface area (Å²) in [5, 5.41) is 15.0. The number of rotatable bonds is 6. The smallest absolute Gasteiger partial charge is 0.191 e. The first kappa shape index (κ1) is 19.1. The number of hydrogen-bond donors (Lipinski definition) is 2. The van der Waals surface area contributed by atoms with E-state index in [1.807, 2.05) is 53.2 Å². The van der Waals surface area contributed by atoms with Crippen molar-refractivity contribution < 1.29 is 0 Å². The summed E-state index contributed by atoms with van der Waals surface area (Å²) >= 11 is 0. The van der Waals surface area contributed by atoms with Gasteiger partial charge in [-0.25, -0.2) is 0 Å². The maximum absolute atomic E-state index is 4.31. The highest BCUT2D eigenvalue weighted by Gasteiger charge is 2.04. The lowest BCUT2D eigenvalue weighted by atomic mass is 10.3. The minimum Gasteiger partial charge on any atom is -0.356 e. The molecule has 3 rings (SSSR count). The van der Waals surface area contributed by atoms with E-state index in [9.17, 15) is 0 Å². The molecule has 0 saturated heterocycles. The van der Waals surface area contributed by atoms with Gasteiger partial charge in [-0.15, -0.1) is 34.2 Å². The fraction of sp³-hybridized carbons (Fsp3) is 0.294. The minimum atomic E-state index is 0. The van der Waals surface area contributed by atoms with Crippen molar-refractivity contribution in [1.29, 1.82) is 0 Å². The molecular weight excluding hydrogens is 429 g/mol. The van der Waals surface area contributed by atoms with Crippen molar-refractivity contribution in [1.82, 2.24) is 30.2 Å². The number of pyridine rings is 2. The number of aliphatic imine (C=N–C) groups is 1. The summed E-state index contributed by atoms with van der Waals surface area (Å²) in [6.07, 6.45) is 5.42. The van der Waals surface area contributed by atoms with Crippen molar-refractivity contribution in [2.75, 3.05) is 20.1 Å². The number of fused-ring (bicyclic) bond motifs is 1. The molecule has 8 heteroatoms. The summed E-state index contributed by atoms with van der Waals surface area (Å²) in [6.45, 7) is 1.52. The number of nitrogens with one attached hydrogen (secondary N) is 2. The molecule has 0 radical (unpaired) electrons. The summed E-state index contributed by atoms with van der Waals surface area (Å²) in [5.41, 5.74) is 1.93. The quantitative estimate of drug-likeness (QED) is 0.339. The zero-order valence-corrected chi connectivity index (χ0v) is 16.4. The molecule has 3 aromatic heterocycles. The Morgan fingerprint density at radius 3 is 2.60 bits per heavy atom. The molecule has 0 spiro atoms. The van der Waals surface area contributed by atoms with Crippen molar-refractivity contribution in [2.45, 2.75) is 12.8 Å². The van der Waals surface area contributed by atoms with Crippen LogP contribution in [0, 0.1) is 0 Å². The van der Waals surface area contributed by atoms with Gasteiger partial charge in [-0.05, 0) is 24.3 Å². The standard InChI is InChI=1S/C17H21N7.HI/c1-18-17(20-11-8-14-6-2-4-10-19-14)21-12-9-16-23-22-15-7-3-5-13-24(15)16;/h2-7,10,13H,8-9,11-12H2,1H3,(H2,18,20,21);1H. The van der Waals surface area contributed by atoms with Crippen molar-refractivity contribution in [3.8, 4) is 0 Å². The number of nitrogens with zero attached hydrogens (tertiary/aromatic N) is 5. The Balaban J connectivity index is 0.00000225. The number of hydrogen-bond acceptors (Lipinski definition) is 4. The van der Waals surface area contributed by atoms with Crippen LogP contribution in [0.5, 0.6) is 0 Å². The van der Waals surface area contributed by atoms with E-state index in [0.717, 1.165) is 49.1 Å². The molecular formula is C17H22IN7. The van der Waals surface area contributed by atoms with Gasteiger partial charge in [-0.1, -0.05) is 12.1 Å². The van der Waals surface area contributed by atoms with Gasteiger partial charge < -0.3 is 10.6 Å². The van der Waals surface area contributed by atoms with Gasteiger partial charge in [0, 0.05) is 51.1 Å². The van der Waals surface area contributed by atoms with Crippen LogP contribution in [-0.4, -0.2) is 45.7 Å². The van der Waals surface area contributed by atoms with Crippen LogP contribution < -0.4 is 10.6 Å². The third kappa shape index (κ3) is 5.38. The second-order valence-electron chi connectivity index (χ2n) is 5.29. The molecule has 0 amide bonds. The summed E-state index contributed by atoms with van der Waals surface area (Å²) in [4.78, 5) is 8.54. The van der Waals surface area contributed by atoms with Crippen LogP contribution in [0.1, 0.15) is 11.5 Å². The summed E-state index contributed by atoms with van der Waals surface area (Å²) in [7, 11) is 1.77. The third-order valence-electron chi connectivity index (χ3n) is 3.65. The molecule has 0 aliphatic carbocycles. The lowest BCUT2D eigenvalue weighted by Gasteiger charge is -2.11. The normalized spacial score (nSPS) is 11.2. The Kier molecular flexibility index (Phi) is 7.58. The van der Waals surface area contributed by atoms with Crippen molar-refractivity contribution in [2.24, 2.45) is 4.99 Å². The highest BCUT2D eigenvalue weighted by atomic mass is 127. The molecule has 0 atom stereocenters. The van der Waals surface area contributed by atoms with Crippen LogP contribution in [0.2, 0.25) is 0 Å². The van der Waals surface area contributed by atoms with Crippen molar-refractivity contribution in [3.63, 3.8) is 0 Å². The maximum Gasteiger partial charge on any atom is 0.191 e. The Labute approximate surface area is 164 Å². The van der Waals surface area contributed by atoms with E-state index in [0.29, 0.717) is 0 Å². The predicted octanol–water partition coefficient (Wildman–Crippen LogP) is 1.69. The first-order chi connectivity index (χ1) is 11.9. The largest absolute Gasteiger partial charge is 0.356 e. The number of aromatic nitrogens is 4. The highest BCUT2D eigenvalue weighted by Crippen LogP contribution is 2.02. The molecule has 0 aliphatic heterocycles. The molecule has 2 N–H and O–H groups in total. The molecule has 0 aliphatic rings. The van der Waals surface area contributed by atoms with E-state index < -0.39 is 0 Å². The van der Waals surface area contributed by atoms with Gasteiger partial charge in [-0.3, -0.25) is 14.4 Å². The monoisotopic (exact) mass is 451 g/mol. The second kappa shape index (κ2) is 9.92. The molecule has 25 heavy (non-hydrogen) atoms. The Bertz CT molecular complexity index is 801. The van der Waals surface area contributed by atoms with E-state index in [-0.39, 0.29) is 24.0 Å². The van der Waals surface area contributed by atoms with Crippen LogP contribution in [0.4, 0.5) is 0 Å². The predicted molar refractivity (Wildman–Crippen MR) is 109 cm³/mol. The molecule has 0 unspecified atom stereocenters. The summed E-state index contributed by atoms with van der Waals surface area (Å²) < 4.78 is 2.00. The van der Waals surface area contributed by atoms with E-state index in [2.05, 4.69) is 30.8 Å². The van der Waals surface area contributed by atoms with E-state index in [1.54, 1.807) is 7.05 Å². The average molecular weight is 451 g/mol. The van der Waals surface area contributed by atoms with Crippen molar-refractivity contribution in [3.05, 3.63) is 60.3 Å². The fourth-order valence-corrected chi connectivity index (χ4v) is 2.43. The fourth-order valence-electron chi connectivity index (χ4n) is 2.43. The van der Waals surface area contributed by atoms with Crippen LogP contribution in [0.3, 0.4) is 0 Å². The molecule has 132 valence electrons. The number of guanidine groups is 1. The lowest BCUT2D eigenvalue weighted by molar-refractivity contribution is 0.752. The molecule has 0 bridgehead atoms. The first-order valence-electron chi connectivity index (χ1n) is 8.00. The topological polar surface area (TPSA) is 79.5 Å². The maximum atomic E-state index is 4.31. The molecule has 0 fully saturated rings. The SMILES string of the molecule is CN=C(NCCc1ccccn1)NCCc1nnc2ccccn12.I. The van der Waals surface area contributed by atoms with Gasteiger partial charge in [0.25, 0.3) is 0 Å². The molecule has 0 saturated carbocycles. The highest BCUT2D eigenvalue weighted by molar-refractivity contribution is 14.0. The first-order valence-corrected chi connectivity index (χ1v) is 8.00. The van der Waals surface area contributed by atoms with Gasteiger partial charge >= 0.3 is 0 Å². The second-order valence-corrected chi connectivity index (χ2v) is 5.29. The van der Waals surface area contributed by atoms with Crippen LogP contribution >= 0.6 is 24.0 Å². The molecule has 7 nitrogen and oxygen atoms in total. The molecule has 3 heterocycles. The zero-order chi connectivity index (χ0) is 16.6. The molecule has 0 aromatic carbocycles. The van der Waals surface area contributed by atoms with Crippen LogP contribution in [0.25, 0.3) is 5.65 Å². The van der Waals surface area contributed by atoms with Crippen LogP contribution in [0.15, 0.2) is 53.8 Å².